The van der Waals surface area contributed by atoms with Gasteiger partial charge in [0.2, 0.25) is 5.79 Å². The molecule has 5 atom stereocenters. The number of carboxylic acids is 1. The molecule has 1 saturated carbocycles. The number of carbonyl (C=O) groups excluding carboxylic acids is 1. The van der Waals surface area contributed by atoms with Crippen molar-refractivity contribution in [2.24, 2.45) is 17.8 Å². The van der Waals surface area contributed by atoms with Crippen LogP contribution in [0.15, 0.2) is 0 Å². The maximum Gasteiger partial charge on any atom is 0.307 e. The lowest BCUT2D eigenvalue weighted by Gasteiger charge is -2.44. The third-order valence-corrected chi connectivity index (χ3v) is 6.16. The minimum absolute atomic E-state index is 0.0982. The highest BCUT2D eigenvalue weighted by molar-refractivity contribution is 5.89. The number of carboxylic acid groups (broad SMARTS) is 1. The number of hydrogen-bond donors (Lipinski definition) is 2. The molecule has 0 spiro atoms. The molecule has 0 aromatic heterocycles. The molecule has 2 rings (SSSR count). The van der Waals surface area contributed by atoms with E-state index in [1.807, 2.05) is 6.92 Å². The number of aliphatic hydroxyl groups is 1. The summed E-state index contributed by atoms with van der Waals surface area (Å²) in [6, 6.07) is 0. The van der Waals surface area contributed by atoms with Gasteiger partial charge in [-0.1, -0.05) is 39.5 Å². The number of ether oxygens (including phenoxy) is 1. The Labute approximate surface area is 159 Å². The quantitative estimate of drug-likeness (QED) is 0.547. The number of alkyl halides is 2. The molecule has 0 radical (unpaired) electrons. The van der Waals surface area contributed by atoms with Gasteiger partial charge in [-0.15, -0.1) is 0 Å². The van der Waals surface area contributed by atoms with E-state index in [2.05, 4.69) is 0 Å². The number of rotatable bonds is 10. The first-order chi connectivity index (χ1) is 12.7. The van der Waals surface area contributed by atoms with Gasteiger partial charge in [-0.05, 0) is 25.2 Å². The van der Waals surface area contributed by atoms with Crippen molar-refractivity contribution in [3.05, 3.63) is 0 Å². The number of aliphatic carboxylic acids is 1. The summed E-state index contributed by atoms with van der Waals surface area (Å²) < 4.78 is 34.3. The molecule has 156 valence electrons. The largest absolute Gasteiger partial charge is 0.481 e. The van der Waals surface area contributed by atoms with Crippen molar-refractivity contribution >= 4 is 11.8 Å². The van der Waals surface area contributed by atoms with E-state index in [-0.39, 0.29) is 31.5 Å². The normalized spacial score (nSPS) is 32.3. The highest BCUT2D eigenvalue weighted by Gasteiger charge is 2.61. The zero-order chi connectivity index (χ0) is 20.2. The van der Waals surface area contributed by atoms with E-state index in [0.717, 1.165) is 12.8 Å². The second-order valence-electron chi connectivity index (χ2n) is 8.09. The van der Waals surface area contributed by atoms with E-state index in [0.29, 0.717) is 19.3 Å². The molecule has 0 bridgehead atoms. The molecule has 27 heavy (non-hydrogen) atoms. The summed E-state index contributed by atoms with van der Waals surface area (Å²) in [7, 11) is 0. The Hall–Kier alpha value is -1.08. The lowest BCUT2D eigenvalue weighted by Crippen LogP contribution is -2.56. The van der Waals surface area contributed by atoms with Crippen LogP contribution in [0, 0.1) is 17.8 Å². The Morgan fingerprint density at radius 2 is 1.96 bits per heavy atom. The maximum absolute atomic E-state index is 14.5. The van der Waals surface area contributed by atoms with Crippen molar-refractivity contribution in [3.8, 4) is 0 Å². The minimum atomic E-state index is -3.39. The van der Waals surface area contributed by atoms with Crippen molar-refractivity contribution in [1.29, 1.82) is 0 Å². The fourth-order valence-corrected chi connectivity index (χ4v) is 4.58. The molecule has 1 heterocycles. The monoisotopic (exact) mass is 390 g/mol. The molecule has 0 amide bonds. The van der Waals surface area contributed by atoms with Gasteiger partial charge in [0.15, 0.2) is 0 Å². The van der Waals surface area contributed by atoms with Crippen molar-refractivity contribution in [3.63, 3.8) is 0 Å². The van der Waals surface area contributed by atoms with E-state index in [9.17, 15) is 28.6 Å². The Balaban J connectivity index is 2.12. The Morgan fingerprint density at radius 3 is 2.56 bits per heavy atom. The van der Waals surface area contributed by atoms with Crippen LogP contribution in [0.4, 0.5) is 8.78 Å². The Kier molecular flexibility index (Phi) is 7.36. The molecule has 5 nitrogen and oxygen atoms in total. The standard InChI is InChI=1S/C20H32F2O5/c1-3-5-7-8-14(18(24)25)17-13-9-11-20(26,19(21,22)10-6-4-2)27-16(13)12-15(17)23/h13-14,16-17,26H,3-12H2,1-2H3,(H,24,25)/t13-,14?,16+,17+,20+/m0/s1. The van der Waals surface area contributed by atoms with Crippen LogP contribution in [0.2, 0.25) is 0 Å². The number of Topliss-reactive ketones (excluding diaryl/α,β-unsaturated/α-hetero) is 1. The van der Waals surface area contributed by atoms with Gasteiger partial charge in [0.1, 0.15) is 5.78 Å². The summed E-state index contributed by atoms with van der Waals surface area (Å²) in [5, 5.41) is 20.1. The second-order valence-corrected chi connectivity index (χ2v) is 8.09. The van der Waals surface area contributed by atoms with Gasteiger partial charge in [-0.2, -0.15) is 0 Å². The number of carbonyl (C=O) groups is 2. The summed E-state index contributed by atoms with van der Waals surface area (Å²) >= 11 is 0. The van der Waals surface area contributed by atoms with Crippen LogP contribution >= 0.6 is 0 Å². The fourth-order valence-electron chi connectivity index (χ4n) is 4.58. The van der Waals surface area contributed by atoms with Crippen LogP contribution in [-0.2, 0) is 14.3 Å². The van der Waals surface area contributed by atoms with Crippen LogP contribution < -0.4 is 0 Å². The first kappa shape index (κ1) is 22.2. The topological polar surface area (TPSA) is 83.8 Å². The van der Waals surface area contributed by atoms with Gasteiger partial charge >= 0.3 is 11.9 Å². The van der Waals surface area contributed by atoms with E-state index in [4.69, 9.17) is 4.74 Å². The van der Waals surface area contributed by atoms with Gasteiger partial charge in [0.05, 0.1) is 12.0 Å². The zero-order valence-corrected chi connectivity index (χ0v) is 16.3. The summed E-state index contributed by atoms with van der Waals surface area (Å²) in [5.41, 5.74) is 0. The van der Waals surface area contributed by atoms with Gasteiger partial charge in [0, 0.05) is 25.2 Å². The molecule has 1 saturated heterocycles. The first-order valence-electron chi connectivity index (χ1n) is 10.2. The van der Waals surface area contributed by atoms with Crippen LogP contribution in [0.5, 0.6) is 0 Å². The smallest absolute Gasteiger partial charge is 0.307 e. The summed E-state index contributed by atoms with van der Waals surface area (Å²) in [4.78, 5) is 24.3. The molecule has 2 N–H and O–H groups in total. The molecule has 1 aliphatic carbocycles. The van der Waals surface area contributed by atoms with Crippen LogP contribution in [0.1, 0.15) is 78.1 Å². The molecule has 2 aliphatic rings. The highest BCUT2D eigenvalue weighted by Crippen LogP contribution is 2.50. The van der Waals surface area contributed by atoms with E-state index in [1.54, 1.807) is 6.92 Å². The van der Waals surface area contributed by atoms with E-state index in [1.165, 1.54) is 0 Å². The SMILES string of the molecule is CCCCCC(C(=O)O)[C@@H]1C(=O)C[C@H]2O[C@@](O)(C(F)(F)CCCC)CC[C@@H]21. The van der Waals surface area contributed by atoms with E-state index >= 15 is 0 Å². The van der Waals surface area contributed by atoms with Crippen molar-refractivity contribution in [1.82, 2.24) is 0 Å². The highest BCUT2D eigenvalue weighted by atomic mass is 19.3. The fraction of sp³-hybridized carbons (Fsp3) is 0.900. The third kappa shape index (κ3) is 4.67. The lowest BCUT2D eigenvalue weighted by molar-refractivity contribution is -0.356. The molecule has 2 fully saturated rings. The van der Waals surface area contributed by atoms with Crippen LogP contribution in [0.25, 0.3) is 0 Å². The molecule has 0 aromatic rings. The molecule has 0 aromatic carbocycles. The van der Waals surface area contributed by atoms with Gasteiger partial charge < -0.3 is 14.9 Å². The average Bonchev–Trinajstić information content (AvgIpc) is 2.91. The molecule has 1 unspecified atom stereocenters. The van der Waals surface area contributed by atoms with Crippen LogP contribution in [0.3, 0.4) is 0 Å². The maximum atomic E-state index is 14.5. The second kappa shape index (κ2) is 8.95. The number of ketones is 1. The van der Waals surface area contributed by atoms with Gasteiger partial charge in [0.25, 0.3) is 0 Å². The number of fused-ring (bicyclic) bond motifs is 1. The summed E-state index contributed by atoms with van der Waals surface area (Å²) in [6.07, 6.45) is 2.30. The Morgan fingerprint density at radius 1 is 1.30 bits per heavy atom. The number of unbranched alkanes of at least 4 members (excludes halogenated alkanes) is 3. The van der Waals surface area contributed by atoms with Crippen molar-refractivity contribution in [2.45, 2.75) is 95.9 Å². The molecule has 1 aliphatic heterocycles. The lowest BCUT2D eigenvalue weighted by atomic mass is 9.76. The van der Waals surface area contributed by atoms with Crippen molar-refractivity contribution in [2.75, 3.05) is 0 Å². The van der Waals surface area contributed by atoms with Crippen molar-refractivity contribution < 1.29 is 33.3 Å². The first-order valence-corrected chi connectivity index (χ1v) is 10.2. The number of halogens is 2. The molecular weight excluding hydrogens is 358 g/mol. The summed E-state index contributed by atoms with van der Waals surface area (Å²) in [6.45, 7) is 3.81. The predicted molar refractivity (Wildman–Crippen MR) is 95.4 cm³/mol. The average molecular weight is 390 g/mol. The molecular formula is C20H32F2O5. The van der Waals surface area contributed by atoms with E-state index < -0.39 is 48.0 Å². The predicted octanol–water partition coefficient (Wildman–Crippen LogP) is 4.17. The minimum Gasteiger partial charge on any atom is -0.481 e. The van der Waals surface area contributed by atoms with Gasteiger partial charge in [-0.3, -0.25) is 9.59 Å². The number of hydrogen-bond acceptors (Lipinski definition) is 4. The third-order valence-electron chi connectivity index (χ3n) is 6.16. The Bertz CT molecular complexity index is 538. The van der Waals surface area contributed by atoms with Gasteiger partial charge in [-0.25, -0.2) is 8.78 Å². The zero-order valence-electron chi connectivity index (χ0n) is 16.3. The summed E-state index contributed by atoms with van der Waals surface area (Å²) in [5.74, 6) is -9.15. The molecule has 7 heteroatoms. The van der Waals surface area contributed by atoms with Crippen LogP contribution in [-0.4, -0.2) is 39.8 Å².